The first-order valence-corrected chi connectivity index (χ1v) is 10.3. The standard InChI is InChI=1S/C19H18ClN3O6S/c1-10(24)21-18-17(12-4-2-3-5-15(12)30-18)19(26)29-9-16(25)22-13-8-11(20)6-7-14(13)23(27)28/h6-8H,2-5,9H2,1H3,(H,21,24)(H,22,25). The summed E-state index contributed by atoms with van der Waals surface area (Å²) in [4.78, 5) is 47.8. The van der Waals surface area contributed by atoms with E-state index >= 15 is 0 Å². The number of esters is 1. The average Bonchev–Trinajstić information content (AvgIpc) is 3.03. The van der Waals surface area contributed by atoms with Gasteiger partial charge in [0.2, 0.25) is 5.91 Å². The number of benzene rings is 1. The third-order valence-corrected chi connectivity index (χ3v) is 5.87. The fourth-order valence-electron chi connectivity index (χ4n) is 3.19. The molecule has 11 heteroatoms. The van der Waals surface area contributed by atoms with E-state index in [1.165, 1.54) is 36.5 Å². The van der Waals surface area contributed by atoms with Crippen molar-refractivity contribution in [3.63, 3.8) is 0 Å². The molecule has 2 N–H and O–H groups in total. The van der Waals surface area contributed by atoms with Crippen molar-refractivity contribution >= 4 is 57.1 Å². The van der Waals surface area contributed by atoms with Gasteiger partial charge in [-0.25, -0.2) is 4.79 Å². The number of anilines is 2. The molecule has 9 nitrogen and oxygen atoms in total. The number of hydrogen-bond acceptors (Lipinski definition) is 7. The van der Waals surface area contributed by atoms with Crippen LogP contribution in [0.3, 0.4) is 0 Å². The van der Waals surface area contributed by atoms with Gasteiger partial charge in [0, 0.05) is 22.9 Å². The molecule has 0 spiro atoms. The van der Waals surface area contributed by atoms with Crippen LogP contribution in [0.25, 0.3) is 0 Å². The lowest BCUT2D eigenvalue weighted by atomic mass is 9.95. The first kappa shape index (κ1) is 21.7. The van der Waals surface area contributed by atoms with Crippen LogP contribution < -0.4 is 10.6 Å². The van der Waals surface area contributed by atoms with Crippen LogP contribution in [0.4, 0.5) is 16.4 Å². The molecule has 30 heavy (non-hydrogen) atoms. The van der Waals surface area contributed by atoms with Crippen molar-refractivity contribution in [1.82, 2.24) is 0 Å². The zero-order valence-electron chi connectivity index (χ0n) is 16.0. The molecule has 1 aromatic heterocycles. The molecule has 0 saturated carbocycles. The number of ether oxygens (including phenoxy) is 1. The quantitative estimate of drug-likeness (QED) is 0.389. The van der Waals surface area contributed by atoms with Crippen LogP contribution in [0.5, 0.6) is 0 Å². The number of amides is 2. The van der Waals surface area contributed by atoms with Crippen molar-refractivity contribution < 1.29 is 24.0 Å². The van der Waals surface area contributed by atoms with Crippen molar-refractivity contribution in [3.05, 3.63) is 49.3 Å². The Morgan fingerprint density at radius 2 is 1.97 bits per heavy atom. The van der Waals surface area contributed by atoms with E-state index < -0.39 is 23.4 Å². The number of nitrogens with one attached hydrogen (secondary N) is 2. The third-order valence-electron chi connectivity index (χ3n) is 4.43. The number of nitrogens with zero attached hydrogens (tertiary/aromatic N) is 1. The first-order valence-electron chi connectivity index (χ1n) is 9.09. The Kier molecular flexibility index (Phi) is 6.68. The second-order valence-corrected chi connectivity index (χ2v) is 8.18. The van der Waals surface area contributed by atoms with Crippen LogP contribution in [0.2, 0.25) is 5.02 Å². The van der Waals surface area contributed by atoms with Crippen LogP contribution in [0, 0.1) is 10.1 Å². The summed E-state index contributed by atoms with van der Waals surface area (Å²) in [6.07, 6.45) is 3.43. The molecule has 0 unspecified atom stereocenters. The van der Waals surface area contributed by atoms with Crippen molar-refractivity contribution in [2.75, 3.05) is 17.2 Å². The highest BCUT2D eigenvalue weighted by Crippen LogP contribution is 2.38. The first-order chi connectivity index (χ1) is 14.3. The maximum Gasteiger partial charge on any atom is 0.341 e. The maximum absolute atomic E-state index is 12.7. The molecule has 1 aliphatic carbocycles. The number of rotatable bonds is 6. The minimum absolute atomic E-state index is 0.0969. The molecule has 0 radical (unpaired) electrons. The van der Waals surface area contributed by atoms with Crippen molar-refractivity contribution in [1.29, 1.82) is 0 Å². The molecule has 0 fully saturated rings. The van der Waals surface area contributed by atoms with Gasteiger partial charge in [0.25, 0.3) is 11.6 Å². The SMILES string of the molecule is CC(=O)Nc1sc2c(c1C(=O)OCC(=O)Nc1cc(Cl)ccc1[N+](=O)[O-])CCCC2. The lowest BCUT2D eigenvalue weighted by Crippen LogP contribution is -2.22. The van der Waals surface area contributed by atoms with Crippen LogP contribution in [-0.2, 0) is 27.2 Å². The van der Waals surface area contributed by atoms with E-state index in [1.807, 2.05) is 0 Å². The third kappa shape index (κ3) is 4.95. The zero-order chi connectivity index (χ0) is 21.8. The molecule has 1 aliphatic rings. The molecule has 2 aromatic rings. The van der Waals surface area contributed by atoms with Gasteiger partial charge in [-0.3, -0.25) is 19.7 Å². The molecule has 1 heterocycles. The lowest BCUT2D eigenvalue weighted by molar-refractivity contribution is -0.383. The summed E-state index contributed by atoms with van der Waals surface area (Å²) in [5.74, 6) is -1.79. The van der Waals surface area contributed by atoms with E-state index in [9.17, 15) is 24.5 Å². The van der Waals surface area contributed by atoms with Gasteiger partial charge in [0.05, 0.1) is 10.5 Å². The summed E-state index contributed by atoms with van der Waals surface area (Å²) in [7, 11) is 0. The molecule has 3 rings (SSSR count). The van der Waals surface area contributed by atoms with Crippen LogP contribution in [0.15, 0.2) is 18.2 Å². The molecular weight excluding hydrogens is 434 g/mol. The van der Waals surface area contributed by atoms with Gasteiger partial charge < -0.3 is 15.4 Å². The Hall–Kier alpha value is -2.98. The van der Waals surface area contributed by atoms with Crippen LogP contribution in [-0.4, -0.2) is 29.3 Å². The summed E-state index contributed by atoms with van der Waals surface area (Å²) >= 11 is 7.17. The second kappa shape index (κ2) is 9.23. The van der Waals surface area contributed by atoms with Crippen LogP contribution >= 0.6 is 22.9 Å². The lowest BCUT2D eigenvalue weighted by Gasteiger charge is -2.13. The van der Waals surface area contributed by atoms with E-state index in [0.29, 0.717) is 11.4 Å². The number of nitro benzene ring substituents is 1. The van der Waals surface area contributed by atoms with Gasteiger partial charge >= 0.3 is 5.97 Å². The topological polar surface area (TPSA) is 128 Å². The normalized spacial score (nSPS) is 12.6. The average molecular weight is 452 g/mol. The minimum atomic E-state index is -0.751. The molecule has 2 amide bonds. The molecule has 0 aliphatic heterocycles. The molecule has 0 saturated heterocycles. The number of thiophene rings is 1. The smallest absolute Gasteiger partial charge is 0.341 e. The number of carbonyl (C=O) groups is 3. The monoisotopic (exact) mass is 451 g/mol. The Morgan fingerprint density at radius 3 is 2.67 bits per heavy atom. The zero-order valence-corrected chi connectivity index (χ0v) is 17.5. The van der Waals surface area contributed by atoms with Gasteiger partial charge in [0.1, 0.15) is 10.7 Å². The summed E-state index contributed by atoms with van der Waals surface area (Å²) in [5.41, 5.74) is 0.677. The van der Waals surface area contributed by atoms with E-state index in [2.05, 4.69) is 10.6 Å². The van der Waals surface area contributed by atoms with E-state index in [-0.39, 0.29) is 27.9 Å². The Balaban J connectivity index is 1.73. The van der Waals surface area contributed by atoms with E-state index in [0.717, 1.165) is 29.7 Å². The van der Waals surface area contributed by atoms with Crippen molar-refractivity contribution in [3.8, 4) is 0 Å². The Bertz CT molecular complexity index is 1040. The predicted octanol–water partition coefficient (Wildman–Crippen LogP) is 3.94. The Labute approximate surface area is 180 Å². The Morgan fingerprint density at radius 1 is 1.23 bits per heavy atom. The number of halogens is 1. The fraction of sp³-hybridized carbons (Fsp3) is 0.316. The highest BCUT2D eigenvalue weighted by Gasteiger charge is 2.27. The van der Waals surface area contributed by atoms with Gasteiger partial charge in [-0.15, -0.1) is 11.3 Å². The predicted molar refractivity (Wildman–Crippen MR) is 112 cm³/mol. The highest BCUT2D eigenvalue weighted by atomic mass is 35.5. The van der Waals surface area contributed by atoms with Crippen molar-refractivity contribution in [2.24, 2.45) is 0 Å². The van der Waals surface area contributed by atoms with E-state index in [4.69, 9.17) is 16.3 Å². The van der Waals surface area contributed by atoms with Crippen LogP contribution in [0.1, 0.15) is 40.6 Å². The molecule has 0 atom stereocenters. The molecule has 0 bridgehead atoms. The van der Waals surface area contributed by atoms with Gasteiger partial charge in [-0.1, -0.05) is 11.6 Å². The summed E-state index contributed by atoms with van der Waals surface area (Å²) in [6, 6.07) is 3.74. The van der Waals surface area contributed by atoms with E-state index in [1.54, 1.807) is 0 Å². The number of carbonyl (C=O) groups excluding carboxylic acids is 3. The molecule has 1 aromatic carbocycles. The van der Waals surface area contributed by atoms with Gasteiger partial charge in [-0.05, 0) is 43.4 Å². The maximum atomic E-state index is 12.7. The summed E-state index contributed by atoms with van der Waals surface area (Å²) in [6.45, 7) is 0.700. The molecule has 158 valence electrons. The molecular formula is C19H18ClN3O6S. The van der Waals surface area contributed by atoms with Crippen molar-refractivity contribution in [2.45, 2.75) is 32.6 Å². The number of aryl methyl sites for hydroxylation is 1. The highest BCUT2D eigenvalue weighted by molar-refractivity contribution is 7.17. The largest absolute Gasteiger partial charge is 0.452 e. The van der Waals surface area contributed by atoms with Gasteiger partial charge in [-0.2, -0.15) is 0 Å². The second-order valence-electron chi connectivity index (χ2n) is 6.64. The number of hydrogen-bond donors (Lipinski definition) is 2. The minimum Gasteiger partial charge on any atom is -0.452 e. The summed E-state index contributed by atoms with van der Waals surface area (Å²) < 4.78 is 5.14. The number of fused-ring (bicyclic) bond motifs is 1. The number of nitro groups is 1. The summed E-state index contributed by atoms with van der Waals surface area (Å²) in [5, 5.41) is 16.7. The fourth-order valence-corrected chi connectivity index (χ4v) is 4.68. The van der Waals surface area contributed by atoms with Gasteiger partial charge in [0.15, 0.2) is 6.61 Å².